The lowest BCUT2D eigenvalue weighted by Gasteiger charge is -2.26. The van der Waals surface area contributed by atoms with Crippen LogP contribution in [0.3, 0.4) is 0 Å². The van der Waals surface area contributed by atoms with Crippen LogP contribution in [0.4, 0.5) is 0 Å². The highest BCUT2D eigenvalue weighted by Gasteiger charge is 2.41. The lowest BCUT2D eigenvalue weighted by molar-refractivity contribution is 0.0962. The number of ether oxygens (including phenoxy) is 1. The van der Waals surface area contributed by atoms with Crippen molar-refractivity contribution in [1.29, 1.82) is 0 Å². The second-order valence-electron chi connectivity index (χ2n) is 6.84. The Bertz CT molecular complexity index is 498. The summed E-state index contributed by atoms with van der Waals surface area (Å²) in [5.74, 6) is 0. The molecular formula is C18H25NO. The number of nitrogens with one attached hydrogen (secondary N) is 1. The highest BCUT2D eigenvalue weighted by Crippen LogP contribution is 2.35. The Labute approximate surface area is 121 Å². The smallest absolute Gasteiger partial charge is 0.0733 e. The van der Waals surface area contributed by atoms with Gasteiger partial charge in [0, 0.05) is 12.1 Å². The molecule has 3 aliphatic rings. The molecule has 1 N–H and O–H groups in total. The average Bonchev–Trinajstić information content (AvgIpc) is 3.09. The Morgan fingerprint density at radius 1 is 1.15 bits per heavy atom. The van der Waals surface area contributed by atoms with Crippen LogP contribution in [0, 0.1) is 0 Å². The first-order valence-electron chi connectivity index (χ1n) is 8.33. The van der Waals surface area contributed by atoms with Crippen molar-refractivity contribution in [2.45, 2.75) is 76.2 Å². The fraction of sp³-hybridized carbons (Fsp3) is 0.667. The lowest BCUT2D eigenvalue weighted by Crippen LogP contribution is -2.39. The molecule has 0 radical (unpaired) electrons. The molecule has 1 aromatic rings. The third-order valence-electron chi connectivity index (χ3n) is 5.44. The largest absolute Gasteiger partial charge is 0.373 e. The van der Waals surface area contributed by atoms with E-state index in [0.29, 0.717) is 24.3 Å². The van der Waals surface area contributed by atoms with Gasteiger partial charge >= 0.3 is 0 Å². The van der Waals surface area contributed by atoms with Gasteiger partial charge in [0.2, 0.25) is 0 Å². The van der Waals surface area contributed by atoms with Gasteiger partial charge in [0.15, 0.2) is 0 Å². The van der Waals surface area contributed by atoms with Crippen LogP contribution in [-0.2, 0) is 17.6 Å². The summed E-state index contributed by atoms with van der Waals surface area (Å²) in [6, 6.07) is 8.14. The molecule has 2 fully saturated rings. The van der Waals surface area contributed by atoms with Gasteiger partial charge in [0.05, 0.1) is 12.2 Å². The Hall–Kier alpha value is -0.860. The van der Waals surface area contributed by atoms with Crippen LogP contribution in [0.15, 0.2) is 18.2 Å². The predicted octanol–water partition coefficient (Wildman–Crippen LogP) is 3.54. The number of hydrogen-bond donors (Lipinski definition) is 1. The van der Waals surface area contributed by atoms with E-state index in [0.717, 1.165) is 0 Å². The molecule has 108 valence electrons. The minimum absolute atomic E-state index is 0.440. The molecule has 20 heavy (non-hydrogen) atoms. The fourth-order valence-corrected chi connectivity index (χ4v) is 4.25. The molecule has 2 nitrogen and oxygen atoms in total. The lowest BCUT2D eigenvalue weighted by atomic mass is 9.89. The molecule has 4 rings (SSSR count). The SMILES string of the molecule is CC(NC1CC2CCC1O2)c1ccc2c(c1)CCCC2. The molecule has 2 heterocycles. The van der Waals surface area contributed by atoms with Gasteiger partial charge in [0.1, 0.15) is 0 Å². The Morgan fingerprint density at radius 2 is 2.00 bits per heavy atom. The van der Waals surface area contributed by atoms with Gasteiger partial charge in [-0.25, -0.2) is 0 Å². The number of aryl methyl sites for hydroxylation is 2. The minimum atomic E-state index is 0.440. The highest BCUT2D eigenvalue weighted by molar-refractivity contribution is 5.35. The molecule has 0 saturated carbocycles. The van der Waals surface area contributed by atoms with E-state index in [9.17, 15) is 0 Å². The van der Waals surface area contributed by atoms with Gasteiger partial charge in [0.25, 0.3) is 0 Å². The predicted molar refractivity (Wildman–Crippen MR) is 80.9 cm³/mol. The first-order chi connectivity index (χ1) is 9.79. The van der Waals surface area contributed by atoms with Gasteiger partial charge < -0.3 is 10.1 Å². The van der Waals surface area contributed by atoms with Crippen LogP contribution < -0.4 is 5.32 Å². The number of rotatable bonds is 3. The molecule has 2 aliphatic heterocycles. The summed E-state index contributed by atoms with van der Waals surface area (Å²) in [4.78, 5) is 0. The summed E-state index contributed by atoms with van der Waals surface area (Å²) in [5, 5.41) is 3.81. The van der Waals surface area contributed by atoms with E-state index in [4.69, 9.17) is 4.74 Å². The van der Waals surface area contributed by atoms with Gasteiger partial charge in [-0.05, 0) is 68.6 Å². The zero-order chi connectivity index (χ0) is 13.5. The molecule has 1 aromatic carbocycles. The monoisotopic (exact) mass is 271 g/mol. The third-order valence-corrected chi connectivity index (χ3v) is 5.44. The second-order valence-corrected chi connectivity index (χ2v) is 6.84. The van der Waals surface area contributed by atoms with Crippen LogP contribution in [0.25, 0.3) is 0 Å². The van der Waals surface area contributed by atoms with Crippen molar-refractivity contribution in [3.05, 3.63) is 34.9 Å². The van der Waals surface area contributed by atoms with E-state index in [2.05, 4.69) is 30.4 Å². The zero-order valence-corrected chi connectivity index (χ0v) is 12.4. The number of benzene rings is 1. The normalized spacial score (nSPS) is 33.1. The summed E-state index contributed by atoms with van der Waals surface area (Å²) in [6.45, 7) is 2.30. The van der Waals surface area contributed by atoms with Crippen molar-refractivity contribution in [2.24, 2.45) is 0 Å². The quantitative estimate of drug-likeness (QED) is 0.908. The van der Waals surface area contributed by atoms with E-state index in [1.54, 1.807) is 11.1 Å². The molecule has 0 spiro atoms. The van der Waals surface area contributed by atoms with E-state index in [-0.39, 0.29) is 0 Å². The summed E-state index contributed by atoms with van der Waals surface area (Å²) in [6.07, 6.45) is 10.0. The summed E-state index contributed by atoms with van der Waals surface area (Å²) < 4.78 is 5.95. The molecule has 2 saturated heterocycles. The minimum Gasteiger partial charge on any atom is -0.373 e. The summed E-state index contributed by atoms with van der Waals surface area (Å²) in [5.41, 5.74) is 4.62. The first kappa shape index (κ1) is 12.8. The van der Waals surface area contributed by atoms with Gasteiger partial charge in [-0.1, -0.05) is 18.2 Å². The second kappa shape index (κ2) is 5.16. The highest BCUT2D eigenvalue weighted by atomic mass is 16.5. The van der Waals surface area contributed by atoms with E-state index >= 15 is 0 Å². The topological polar surface area (TPSA) is 21.3 Å². The molecule has 4 unspecified atom stereocenters. The third kappa shape index (κ3) is 2.29. The van der Waals surface area contributed by atoms with Crippen LogP contribution in [0.5, 0.6) is 0 Å². The van der Waals surface area contributed by atoms with E-state index in [1.807, 2.05) is 0 Å². The van der Waals surface area contributed by atoms with Crippen molar-refractivity contribution in [3.8, 4) is 0 Å². The zero-order valence-electron chi connectivity index (χ0n) is 12.4. The summed E-state index contributed by atoms with van der Waals surface area (Å²) >= 11 is 0. The Kier molecular flexibility index (Phi) is 3.31. The molecule has 0 amide bonds. The Morgan fingerprint density at radius 3 is 2.75 bits per heavy atom. The maximum atomic E-state index is 5.95. The fourth-order valence-electron chi connectivity index (χ4n) is 4.25. The number of fused-ring (bicyclic) bond motifs is 3. The van der Waals surface area contributed by atoms with Crippen LogP contribution in [-0.4, -0.2) is 18.2 Å². The maximum Gasteiger partial charge on any atom is 0.0733 e. The molecule has 1 aliphatic carbocycles. The molecular weight excluding hydrogens is 246 g/mol. The Balaban J connectivity index is 1.46. The van der Waals surface area contributed by atoms with E-state index in [1.165, 1.54) is 50.5 Å². The first-order valence-corrected chi connectivity index (χ1v) is 8.33. The van der Waals surface area contributed by atoms with Crippen LogP contribution in [0.1, 0.15) is 61.8 Å². The van der Waals surface area contributed by atoms with Crippen LogP contribution >= 0.6 is 0 Å². The van der Waals surface area contributed by atoms with E-state index < -0.39 is 0 Å². The molecule has 0 aromatic heterocycles. The molecule has 4 atom stereocenters. The average molecular weight is 271 g/mol. The van der Waals surface area contributed by atoms with Crippen molar-refractivity contribution in [3.63, 3.8) is 0 Å². The summed E-state index contributed by atoms with van der Waals surface area (Å²) in [7, 11) is 0. The van der Waals surface area contributed by atoms with Gasteiger partial charge in [-0.3, -0.25) is 0 Å². The van der Waals surface area contributed by atoms with Crippen molar-refractivity contribution >= 4 is 0 Å². The van der Waals surface area contributed by atoms with Gasteiger partial charge in [-0.2, -0.15) is 0 Å². The van der Waals surface area contributed by atoms with Crippen molar-refractivity contribution in [1.82, 2.24) is 5.32 Å². The van der Waals surface area contributed by atoms with Crippen molar-refractivity contribution in [2.75, 3.05) is 0 Å². The standard InChI is InChI=1S/C18H25NO/c1-12(19-17-11-16-8-9-18(17)20-16)14-7-6-13-4-2-3-5-15(13)10-14/h6-7,10,12,16-19H,2-5,8-9,11H2,1H3. The maximum absolute atomic E-state index is 5.95. The van der Waals surface area contributed by atoms with Crippen LogP contribution in [0.2, 0.25) is 0 Å². The molecule has 2 heteroatoms. The van der Waals surface area contributed by atoms with Gasteiger partial charge in [-0.15, -0.1) is 0 Å². The van der Waals surface area contributed by atoms with Crippen molar-refractivity contribution < 1.29 is 4.74 Å². The number of hydrogen-bond acceptors (Lipinski definition) is 2. The molecule has 2 bridgehead atoms.